The molecule has 10 heavy (non-hydrogen) atoms. The highest BCUT2D eigenvalue weighted by Gasteiger charge is 2.12. The normalized spacial score (nSPS) is 21.3. The quantitative estimate of drug-likeness (QED) is 0.668. The SMILES string of the molecule is OCCSC1CCOCC1. The minimum absolute atomic E-state index is 0.308. The highest BCUT2D eigenvalue weighted by Crippen LogP contribution is 2.20. The molecule has 0 bridgehead atoms. The molecule has 1 fully saturated rings. The van der Waals surface area contributed by atoms with Gasteiger partial charge in [0.1, 0.15) is 0 Å². The summed E-state index contributed by atoms with van der Waals surface area (Å²) in [5.74, 6) is 0.880. The first-order valence-corrected chi connectivity index (χ1v) is 4.78. The molecule has 0 aromatic heterocycles. The molecular formula is C7H14O2S. The summed E-state index contributed by atoms with van der Waals surface area (Å²) in [6, 6.07) is 0. The highest BCUT2D eigenvalue weighted by atomic mass is 32.2. The van der Waals surface area contributed by atoms with E-state index in [0.717, 1.165) is 37.1 Å². The summed E-state index contributed by atoms with van der Waals surface area (Å²) in [4.78, 5) is 0. The number of aliphatic hydroxyl groups excluding tert-OH is 1. The Morgan fingerprint density at radius 3 is 2.70 bits per heavy atom. The molecule has 1 saturated heterocycles. The Hall–Kier alpha value is 0.270. The maximum Gasteiger partial charge on any atom is 0.0521 e. The molecule has 0 aliphatic carbocycles. The summed E-state index contributed by atoms with van der Waals surface area (Å²) in [5, 5.41) is 9.28. The van der Waals surface area contributed by atoms with Gasteiger partial charge in [0.15, 0.2) is 0 Å². The van der Waals surface area contributed by atoms with Crippen molar-refractivity contribution < 1.29 is 9.84 Å². The van der Waals surface area contributed by atoms with E-state index in [1.165, 1.54) is 0 Å². The molecule has 1 aliphatic rings. The topological polar surface area (TPSA) is 29.5 Å². The van der Waals surface area contributed by atoms with Gasteiger partial charge in [0.25, 0.3) is 0 Å². The van der Waals surface area contributed by atoms with Crippen LogP contribution < -0.4 is 0 Å². The zero-order valence-electron chi connectivity index (χ0n) is 6.08. The maximum absolute atomic E-state index is 8.54. The van der Waals surface area contributed by atoms with Gasteiger partial charge in [0.05, 0.1) is 6.61 Å². The molecule has 0 unspecified atom stereocenters. The van der Waals surface area contributed by atoms with Gasteiger partial charge in [-0.3, -0.25) is 0 Å². The molecule has 1 aliphatic heterocycles. The second-order valence-electron chi connectivity index (χ2n) is 2.41. The van der Waals surface area contributed by atoms with E-state index in [1.807, 2.05) is 11.8 Å². The first-order chi connectivity index (χ1) is 4.93. The van der Waals surface area contributed by atoms with Crippen LogP contribution in [0.1, 0.15) is 12.8 Å². The van der Waals surface area contributed by atoms with Crippen molar-refractivity contribution in [3.8, 4) is 0 Å². The van der Waals surface area contributed by atoms with Gasteiger partial charge in [0, 0.05) is 24.2 Å². The lowest BCUT2D eigenvalue weighted by Crippen LogP contribution is -2.18. The number of hydrogen-bond acceptors (Lipinski definition) is 3. The number of hydrogen-bond donors (Lipinski definition) is 1. The summed E-state index contributed by atoms with van der Waals surface area (Å²) in [6.45, 7) is 2.12. The van der Waals surface area contributed by atoms with Crippen molar-refractivity contribution in [1.82, 2.24) is 0 Å². The third kappa shape index (κ3) is 2.90. The Morgan fingerprint density at radius 2 is 2.10 bits per heavy atom. The van der Waals surface area contributed by atoms with Crippen LogP contribution in [0.2, 0.25) is 0 Å². The van der Waals surface area contributed by atoms with Crippen LogP contribution in [0.15, 0.2) is 0 Å². The van der Waals surface area contributed by atoms with Gasteiger partial charge < -0.3 is 9.84 Å². The summed E-state index contributed by atoms with van der Waals surface area (Å²) >= 11 is 1.87. The van der Waals surface area contributed by atoms with Crippen LogP contribution in [0.5, 0.6) is 0 Å². The molecule has 3 heteroatoms. The molecular weight excluding hydrogens is 148 g/mol. The summed E-state index contributed by atoms with van der Waals surface area (Å²) in [6.07, 6.45) is 2.31. The van der Waals surface area contributed by atoms with Gasteiger partial charge in [0.2, 0.25) is 0 Å². The minimum atomic E-state index is 0.308. The lowest BCUT2D eigenvalue weighted by molar-refractivity contribution is 0.1000. The van der Waals surface area contributed by atoms with Gasteiger partial charge in [-0.2, -0.15) is 11.8 Å². The van der Waals surface area contributed by atoms with Gasteiger partial charge >= 0.3 is 0 Å². The summed E-state index contributed by atoms with van der Waals surface area (Å²) < 4.78 is 5.20. The predicted octanol–water partition coefficient (Wildman–Crippen LogP) is 0.891. The summed E-state index contributed by atoms with van der Waals surface area (Å²) in [7, 11) is 0. The van der Waals surface area contributed by atoms with Gasteiger partial charge in [-0.1, -0.05) is 0 Å². The second-order valence-corrected chi connectivity index (χ2v) is 3.81. The Morgan fingerprint density at radius 1 is 1.40 bits per heavy atom. The lowest BCUT2D eigenvalue weighted by Gasteiger charge is -2.20. The zero-order chi connectivity index (χ0) is 7.23. The van der Waals surface area contributed by atoms with Gasteiger partial charge in [-0.25, -0.2) is 0 Å². The van der Waals surface area contributed by atoms with Crippen LogP contribution in [0.25, 0.3) is 0 Å². The fraction of sp³-hybridized carbons (Fsp3) is 1.00. The van der Waals surface area contributed by atoms with E-state index < -0.39 is 0 Å². The van der Waals surface area contributed by atoms with Crippen LogP contribution >= 0.6 is 11.8 Å². The molecule has 0 amide bonds. The Labute approximate surface area is 66.0 Å². The van der Waals surface area contributed by atoms with Crippen molar-refractivity contribution in [2.24, 2.45) is 0 Å². The van der Waals surface area contributed by atoms with E-state index in [2.05, 4.69) is 0 Å². The molecule has 1 rings (SSSR count). The fourth-order valence-corrected chi connectivity index (χ4v) is 2.03. The standard InChI is InChI=1S/C7H14O2S/c8-3-6-10-7-1-4-9-5-2-7/h7-8H,1-6H2. The van der Waals surface area contributed by atoms with Crippen molar-refractivity contribution in [1.29, 1.82) is 0 Å². The van der Waals surface area contributed by atoms with Crippen molar-refractivity contribution in [2.45, 2.75) is 18.1 Å². The van der Waals surface area contributed by atoms with E-state index >= 15 is 0 Å². The van der Waals surface area contributed by atoms with E-state index in [1.54, 1.807) is 0 Å². The van der Waals surface area contributed by atoms with E-state index in [4.69, 9.17) is 9.84 Å². The van der Waals surface area contributed by atoms with E-state index in [9.17, 15) is 0 Å². The van der Waals surface area contributed by atoms with Crippen LogP contribution in [-0.4, -0.2) is 35.9 Å². The Bertz CT molecular complexity index is 81.7. The minimum Gasteiger partial charge on any atom is -0.396 e. The molecule has 0 atom stereocenters. The largest absolute Gasteiger partial charge is 0.396 e. The average molecular weight is 162 g/mol. The molecule has 60 valence electrons. The second kappa shape index (κ2) is 4.99. The molecule has 0 aromatic carbocycles. The van der Waals surface area contributed by atoms with Crippen LogP contribution in [0.4, 0.5) is 0 Å². The lowest BCUT2D eigenvalue weighted by atomic mass is 10.2. The number of aliphatic hydroxyl groups is 1. The van der Waals surface area contributed by atoms with Crippen molar-refractivity contribution in [2.75, 3.05) is 25.6 Å². The third-order valence-corrected chi connectivity index (χ3v) is 2.97. The van der Waals surface area contributed by atoms with Crippen molar-refractivity contribution in [3.63, 3.8) is 0 Å². The van der Waals surface area contributed by atoms with Crippen molar-refractivity contribution in [3.05, 3.63) is 0 Å². The molecule has 0 spiro atoms. The molecule has 2 nitrogen and oxygen atoms in total. The Balaban J connectivity index is 2.02. The highest BCUT2D eigenvalue weighted by molar-refractivity contribution is 7.99. The monoisotopic (exact) mass is 162 g/mol. The van der Waals surface area contributed by atoms with E-state index in [0.29, 0.717) is 6.61 Å². The zero-order valence-corrected chi connectivity index (χ0v) is 6.90. The molecule has 0 saturated carbocycles. The maximum atomic E-state index is 8.54. The van der Waals surface area contributed by atoms with Crippen LogP contribution in [-0.2, 0) is 4.74 Å². The average Bonchev–Trinajstić information content (AvgIpc) is 2.03. The fourth-order valence-electron chi connectivity index (χ4n) is 1.06. The molecule has 0 aromatic rings. The van der Waals surface area contributed by atoms with E-state index in [-0.39, 0.29) is 0 Å². The predicted molar refractivity (Wildman–Crippen MR) is 43.4 cm³/mol. The molecule has 1 N–H and O–H groups in total. The molecule has 0 radical (unpaired) electrons. The number of ether oxygens (including phenoxy) is 1. The third-order valence-electron chi connectivity index (χ3n) is 1.61. The van der Waals surface area contributed by atoms with Gasteiger partial charge in [-0.05, 0) is 12.8 Å². The Kier molecular flexibility index (Phi) is 4.18. The smallest absolute Gasteiger partial charge is 0.0521 e. The van der Waals surface area contributed by atoms with Crippen molar-refractivity contribution >= 4 is 11.8 Å². The van der Waals surface area contributed by atoms with Crippen LogP contribution in [0, 0.1) is 0 Å². The first-order valence-electron chi connectivity index (χ1n) is 3.73. The summed E-state index contributed by atoms with van der Waals surface area (Å²) in [5.41, 5.74) is 0. The number of rotatable bonds is 3. The number of thioether (sulfide) groups is 1. The first kappa shape index (κ1) is 8.37. The van der Waals surface area contributed by atoms with Gasteiger partial charge in [-0.15, -0.1) is 0 Å². The molecule has 1 heterocycles. The van der Waals surface area contributed by atoms with Crippen LogP contribution in [0.3, 0.4) is 0 Å².